The van der Waals surface area contributed by atoms with Crippen LogP contribution >= 0.6 is 11.3 Å². The predicted molar refractivity (Wildman–Crippen MR) is 72.2 cm³/mol. The molecule has 0 bridgehead atoms. The van der Waals surface area contributed by atoms with Gasteiger partial charge in [0.05, 0.1) is 10.7 Å². The summed E-state index contributed by atoms with van der Waals surface area (Å²) in [6, 6.07) is 5.85. The van der Waals surface area contributed by atoms with Crippen LogP contribution in [-0.4, -0.2) is 4.98 Å². The number of hydrogen-bond acceptors (Lipinski definition) is 5. The smallest absolute Gasteiger partial charge is 0.134 e. The van der Waals surface area contributed by atoms with Crippen molar-refractivity contribution >= 4 is 22.3 Å². The van der Waals surface area contributed by atoms with Crippen LogP contribution in [0.1, 0.15) is 22.5 Å². The van der Waals surface area contributed by atoms with E-state index in [0.29, 0.717) is 16.7 Å². The number of thiazole rings is 1. The topological polar surface area (TPSA) is 64.1 Å². The first kappa shape index (κ1) is 12.3. The molecule has 0 saturated carbocycles. The molecule has 3 N–H and O–H groups in total. The maximum absolute atomic E-state index is 13.2. The van der Waals surface area contributed by atoms with E-state index in [4.69, 9.17) is 10.3 Å². The maximum Gasteiger partial charge on any atom is 0.134 e. The highest BCUT2D eigenvalue weighted by atomic mass is 32.1. The summed E-state index contributed by atoms with van der Waals surface area (Å²) in [7, 11) is 0. The number of aryl methyl sites for hydroxylation is 1. The first-order valence-corrected chi connectivity index (χ1v) is 6.62. The van der Waals surface area contributed by atoms with Crippen LogP contribution in [-0.2, 0) is 0 Å². The lowest BCUT2D eigenvalue weighted by atomic mass is 10.1. The van der Waals surface area contributed by atoms with E-state index in [2.05, 4.69) is 10.4 Å². The summed E-state index contributed by atoms with van der Waals surface area (Å²) < 4.78 is 18.9. The molecule has 19 heavy (non-hydrogen) atoms. The minimum Gasteiger partial charge on any atom is -0.459 e. The minimum atomic E-state index is -0.333. The number of benzene rings is 1. The third-order valence-corrected chi connectivity index (χ3v) is 3.67. The zero-order chi connectivity index (χ0) is 13.4. The predicted octanol–water partition coefficient (Wildman–Crippen LogP) is 2.89. The van der Waals surface area contributed by atoms with Crippen LogP contribution < -0.4 is 11.3 Å². The average Bonchev–Trinajstić information content (AvgIpc) is 2.96. The second-order valence-corrected chi connectivity index (χ2v) is 5.28. The number of hydrazine groups is 1. The number of nitrogens with one attached hydrogen (secondary N) is 1. The number of nitrogens with zero attached hydrogens (tertiary/aromatic N) is 1. The Balaban J connectivity index is 2.06. The fourth-order valence-corrected chi connectivity index (χ4v) is 2.64. The number of aromatic nitrogens is 1. The molecule has 0 fully saturated rings. The van der Waals surface area contributed by atoms with Gasteiger partial charge >= 0.3 is 0 Å². The van der Waals surface area contributed by atoms with Crippen molar-refractivity contribution in [3.05, 3.63) is 51.9 Å². The lowest BCUT2D eigenvalue weighted by Crippen LogP contribution is -2.28. The number of hydrogen-bond donors (Lipinski definition) is 2. The Morgan fingerprint density at radius 1 is 1.42 bits per heavy atom. The van der Waals surface area contributed by atoms with Crippen molar-refractivity contribution in [3.8, 4) is 0 Å². The van der Waals surface area contributed by atoms with Crippen LogP contribution in [0.3, 0.4) is 0 Å². The van der Waals surface area contributed by atoms with Gasteiger partial charge in [-0.05, 0) is 31.2 Å². The molecule has 2 aromatic heterocycles. The Bertz CT molecular complexity index is 722. The van der Waals surface area contributed by atoms with Crippen molar-refractivity contribution in [2.24, 2.45) is 5.84 Å². The second kappa shape index (κ2) is 4.73. The molecule has 1 unspecified atom stereocenters. The van der Waals surface area contributed by atoms with Gasteiger partial charge in [-0.1, -0.05) is 0 Å². The summed E-state index contributed by atoms with van der Waals surface area (Å²) in [6.45, 7) is 1.93. The Kier molecular flexibility index (Phi) is 3.06. The van der Waals surface area contributed by atoms with Gasteiger partial charge in [0.15, 0.2) is 0 Å². The summed E-state index contributed by atoms with van der Waals surface area (Å²) in [5.74, 6) is 5.91. The molecule has 2 heterocycles. The SMILES string of the molecule is Cc1nc(C(NN)c2cc3cc(F)ccc3o2)cs1. The van der Waals surface area contributed by atoms with Crippen molar-refractivity contribution in [3.63, 3.8) is 0 Å². The monoisotopic (exact) mass is 277 g/mol. The van der Waals surface area contributed by atoms with E-state index in [0.717, 1.165) is 10.7 Å². The number of halogens is 1. The zero-order valence-corrected chi connectivity index (χ0v) is 11.0. The van der Waals surface area contributed by atoms with Gasteiger partial charge in [-0.2, -0.15) is 0 Å². The van der Waals surface area contributed by atoms with E-state index >= 15 is 0 Å². The molecule has 98 valence electrons. The summed E-state index contributed by atoms with van der Waals surface area (Å²) >= 11 is 1.54. The largest absolute Gasteiger partial charge is 0.459 e. The van der Waals surface area contributed by atoms with Gasteiger partial charge in [0.1, 0.15) is 23.2 Å². The van der Waals surface area contributed by atoms with Crippen molar-refractivity contribution in [2.75, 3.05) is 0 Å². The van der Waals surface area contributed by atoms with Gasteiger partial charge in [-0.3, -0.25) is 5.84 Å². The van der Waals surface area contributed by atoms with Crippen molar-refractivity contribution in [2.45, 2.75) is 13.0 Å². The van der Waals surface area contributed by atoms with Crippen LogP contribution in [0.25, 0.3) is 11.0 Å². The summed E-state index contributed by atoms with van der Waals surface area (Å²) in [5.41, 5.74) is 4.10. The molecule has 3 aromatic rings. The van der Waals surface area contributed by atoms with E-state index in [1.165, 1.54) is 12.1 Å². The fraction of sp³-hybridized carbons (Fsp3) is 0.154. The molecule has 0 spiro atoms. The van der Waals surface area contributed by atoms with Crippen molar-refractivity contribution in [1.29, 1.82) is 0 Å². The van der Waals surface area contributed by atoms with Crippen molar-refractivity contribution in [1.82, 2.24) is 10.4 Å². The molecular weight excluding hydrogens is 265 g/mol. The van der Waals surface area contributed by atoms with Gasteiger partial charge in [0, 0.05) is 10.8 Å². The van der Waals surface area contributed by atoms with E-state index in [1.807, 2.05) is 12.3 Å². The van der Waals surface area contributed by atoms with Crippen LogP contribution in [0.2, 0.25) is 0 Å². The van der Waals surface area contributed by atoms with Crippen LogP contribution in [0, 0.1) is 12.7 Å². The van der Waals surface area contributed by atoms with Crippen molar-refractivity contribution < 1.29 is 8.81 Å². The Morgan fingerprint density at radius 3 is 2.95 bits per heavy atom. The molecule has 0 aliphatic heterocycles. The van der Waals surface area contributed by atoms with E-state index in [-0.39, 0.29) is 11.9 Å². The lowest BCUT2D eigenvalue weighted by molar-refractivity contribution is 0.472. The quantitative estimate of drug-likeness (QED) is 0.571. The Morgan fingerprint density at radius 2 is 2.26 bits per heavy atom. The molecule has 0 aliphatic carbocycles. The third kappa shape index (κ3) is 2.25. The molecule has 4 nitrogen and oxygen atoms in total. The summed E-state index contributed by atoms with van der Waals surface area (Å²) in [4.78, 5) is 4.39. The lowest BCUT2D eigenvalue weighted by Gasteiger charge is -2.09. The maximum atomic E-state index is 13.2. The number of nitrogens with two attached hydrogens (primary N) is 1. The van der Waals surface area contributed by atoms with E-state index in [1.54, 1.807) is 23.5 Å². The Hall–Kier alpha value is -1.76. The van der Waals surface area contributed by atoms with E-state index < -0.39 is 0 Å². The van der Waals surface area contributed by atoms with Crippen LogP contribution in [0.4, 0.5) is 4.39 Å². The van der Waals surface area contributed by atoms with E-state index in [9.17, 15) is 4.39 Å². The van der Waals surface area contributed by atoms with Crippen LogP contribution in [0.5, 0.6) is 0 Å². The Labute approximate surface area is 113 Å². The van der Waals surface area contributed by atoms with Gasteiger partial charge < -0.3 is 4.42 Å². The molecule has 3 rings (SSSR count). The summed E-state index contributed by atoms with van der Waals surface area (Å²) in [6.07, 6.45) is 0. The second-order valence-electron chi connectivity index (χ2n) is 4.22. The highest BCUT2D eigenvalue weighted by Gasteiger charge is 2.19. The minimum absolute atomic E-state index is 0.290. The number of furan rings is 1. The molecule has 0 amide bonds. The van der Waals surface area contributed by atoms with Crippen LogP contribution in [0.15, 0.2) is 34.1 Å². The first-order chi connectivity index (χ1) is 9.17. The molecule has 1 aromatic carbocycles. The molecule has 0 saturated heterocycles. The molecule has 1 atom stereocenters. The van der Waals surface area contributed by atoms with Gasteiger partial charge in [0.2, 0.25) is 0 Å². The standard InChI is InChI=1S/C13H12FN3OS/c1-7-16-10(6-19-7)13(17-15)12-5-8-4-9(14)2-3-11(8)18-12/h2-6,13,17H,15H2,1H3. The molecular formula is C13H12FN3OS. The van der Waals surface area contributed by atoms with Gasteiger partial charge in [-0.25, -0.2) is 14.8 Å². The summed E-state index contributed by atoms with van der Waals surface area (Å²) in [5, 5.41) is 3.59. The first-order valence-electron chi connectivity index (χ1n) is 5.74. The number of rotatable bonds is 3. The third-order valence-electron chi connectivity index (χ3n) is 2.88. The van der Waals surface area contributed by atoms with Gasteiger partial charge in [-0.15, -0.1) is 11.3 Å². The zero-order valence-electron chi connectivity index (χ0n) is 10.2. The fourth-order valence-electron chi connectivity index (χ4n) is 2.00. The molecule has 0 aliphatic rings. The normalized spacial score (nSPS) is 13.0. The van der Waals surface area contributed by atoms with Gasteiger partial charge in [0.25, 0.3) is 0 Å². The highest BCUT2D eigenvalue weighted by molar-refractivity contribution is 7.09. The highest BCUT2D eigenvalue weighted by Crippen LogP contribution is 2.28. The molecule has 6 heteroatoms. The average molecular weight is 277 g/mol. The molecule has 0 radical (unpaired) electrons. The number of fused-ring (bicyclic) bond motifs is 1.